The zero-order valence-electron chi connectivity index (χ0n) is 11.9. The lowest BCUT2D eigenvalue weighted by Crippen LogP contribution is -1.99. The van der Waals surface area contributed by atoms with Gasteiger partial charge in [-0.1, -0.05) is 12.1 Å². The van der Waals surface area contributed by atoms with Crippen LogP contribution >= 0.6 is 11.3 Å². The molecule has 0 bridgehead atoms. The molecule has 0 unspecified atom stereocenters. The third-order valence-electron chi connectivity index (χ3n) is 3.08. The standard InChI is InChI=1S/C15H18N2O2S/c1-4-14(17-18)12-5-7-13(8-6-12)19-9-15-16-10(2)11(3)20-15/h5-8,18H,4,9H2,1-3H3/b17-14-. The SMILES string of the molecule is CC/C(=N/O)c1ccc(OCc2nc(C)c(C)s2)cc1. The van der Waals surface area contributed by atoms with Crippen LogP contribution in [0.2, 0.25) is 0 Å². The summed E-state index contributed by atoms with van der Waals surface area (Å²) in [5.74, 6) is 0.785. The molecule has 0 fully saturated rings. The van der Waals surface area contributed by atoms with Crippen molar-refractivity contribution in [2.24, 2.45) is 5.16 Å². The molecule has 1 N–H and O–H groups in total. The van der Waals surface area contributed by atoms with Crippen molar-refractivity contribution in [1.82, 2.24) is 4.98 Å². The van der Waals surface area contributed by atoms with Gasteiger partial charge >= 0.3 is 0 Å². The number of rotatable bonds is 5. The monoisotopic (exact) mass is 290 g/mol. The Balaban J connectivity index is 2.00. The first-order valence-corrected chi connectivity index (χ1v) is 7.32. The van der Waals surface area contributed by atoms with Gasteiger partial charge in [0.1, 0.15) is 17.4 Å². The molecule has 20 heavy (non-hydrogen) atoms. The Morgan fingerprint density at radius 2 is 2.00 bits per heavy atom. The second kappa shape index (κ2) is 6.52. The number of aryl methyl sites for hydroxylation is 2. The van der Waals surface area contributed by atoms with Gasteiger partial charge in [-0.15, -0.1) is 11.3 Å². The van der Waals surface area contributed by atoms with E-state index in [9.17, 15) is 0 Å². The molecule has 0 saturated heterocycles. The van der Waals surface area contributed by atoms with E-state index in [1.165, 1.54) is 4.88 Å². The predicted molar refractivity (Wildman–Crippen MR) is 81.0 cm³/mol. The maximum atomic E-state index is 8.88. The van der Waals surface area contributed by atoms with Gasteiger partial charge in [-0.25, -0.2) is 4.98 Å². The summed E-state index contributed by atoms with van der Waals surface area (Å²) in [6.45, 7) is 6.50. The van der Waals surface area contributed by atoms with Gasteiger partial charge in [0, 0.05) is 4.88 Å². The number of hydrogen-bond acceptors (Lipinski definition) is 5. The van der Waals surface area contributed by atoms with Crippen LogP contribution < -0.4 is 4.74 Å². The predicted octanol–water partition coefficient (Wildman–Crippen LogP) is 3.93. The second-order valence-corrected chi connectivity index (χ2v) is 5.75. The second-order valence-electron chi connectivity index (χ2n) is 4.46. The number of nitrogens with zero attached hydrogens (tertiary/aromatic N) is 2. The van der Waals surface area contributed by atoms with Crippen LogP contribution in [0.5, 0.6) is 5.75 Å². The van der Waals surface area contributed by atoms with Crippen LogP contribution in [-0.4, -0.2) is 15.9 Å². The smallest absolute Gasteiger partial charge is 0.140 e. The maximum absolute atomic E-state index is 8.88. The van der Waals surface area contributed by atoms with Crippen molar-refractivity contribution in [2.45, 2.75) is 33.8 Å². The molecule has 0 amide bonds. The summed E-state index contributed by atoms with van der Waals surface area (Å²) in [5, 5.41) is 13.1. The third-order valence-corrected chi connectivity index (χ3v) is 4.12. The van der Waals surface area contributed by atoms with E-state index in [1.807, 2.05) is 38.1 Å². The van der Waals surface area contributed by atoms with Crippen molar-refractivity contribution in [2.75, 3.05) is 0 Å². The van der Waals surface area contributed by atoms with E-state index in [2.05, 4.69) is 17.1 Å². The minimum atomic E-state index is 0.480. The molecule has 5 heteroatoms. The molecule has 2 aromatic rings. The van der Waals surface area contributed by atoms with E-state index in [0.29, 0.717) is 18.7 Å². The fraction of sp³-hybridized carbons (Fsp3) is 0.333. The number of oxime groups is 1. The molecule has 106 valence electrons. The average molecular weight is 290 g/mol. The highest BCUT2D eigenvalue weighted by Crippen LogP contribution is 2.19. The molecule has 0 saturated carbocycles. The van der Waals surface area contributed by atoms with E-state index in [4.69, 9.17) is 9.94 Å². The zero-order chi connectivity index (χ0) is 14.5. The Bertz CT molecular complexity index is 583. The molecule has 0 aliphatic carbocycles. The normalized spacial score (nSPS) is 11.7. The molecule has 0 spiro atoms. The van der Waals surface area contributed by atoms with Crippen molar-refractivity contribution >= 4 is 17.0 Å². The molecule has 1 aromatic heterocycles. The Morgan fingerprint density at radius 3 is 2.50 bits per heavy atom. The number of aromatic nitrogens is 1. The van der Waals surface area contributed by atoms with E-state index in [0.717, 1.165) is 22.0 Å². The van der Waals surface area contributed by atoms with Crippen LogP contribution in [0.15, 0.2) is 29.4 Å². The molecule has 0 atom stereocenters. The van der Waals surface area contributed by atoms with Crippen LogP contribution in [0, 0.1) is 13.8 Å². The van der Waals surface area contributed by atoms with Crippen LogP contribution in [0.1, 0.15) is 34.5 Å². The molecule has 0 radical (unpaired) electrons. The number of ether oxygens (including phenoxy) is 1. The Morgan fingerprint density at radius 1 is 1.30 bits per heavy atom. The first kappa shape index (κ1) is 14.5. The highest BCUT2D eigenvalue weighted by molar-refractivity contribution is 7.11. The van der Waals surface area contributed by atoms with Gasteiger partial charge < -0.3 is 9.94 Å². The minimum absolute atomic E-state index is 0.480. The van der Waals surface area contributed by atoms with E-state index < -0.39 is 0 Å². The largest absolute Gasteiger partial charge is 0.486 e. The zero-order valence-corrected chi connectivity index (χ0v) is 12.7. The van der Waals surface area contributed by atoms with Gasteiger partial charge in [-0.3, -0.25) is 0 Å². The lowest BCUT2D eigenvalue weighted by atomic mass is 10.1. The summed E-state index contributed by atoms with van der Waals surface area (Å²) in [7, 11) is 0. The topological polar surface area (TPSA) is 54.7 Å². The lowest BCUT2D eigenvalue weighted by molar-refractivity contribution is 0.305. The van der Waals surface area contributed by atoms with Gasteiger partial charge in [-0.2, -0.15) is 0 Å². The molecule has 1 heterocycles. The van der Waals surface area contributed by atoms with Crippen molar-refractivity contribution in [3.8, 4) is 5.75 Å². The highest BCUT2D eigenvalue weighted by atomic mass is 32.1. The summed E-state index contributed by atoms with van der Waals surface area (Å²) >= 11 is 1.66. The van der Waals surface area contributed by atoms with E-state index in [1.54, 1.807) is 11.3 Å². The van der Waals surface area contributed by atoms with Gasteiger partial charge in [0.05, 0.1) is 11.4 Å². The van der Waals surface area contributed by atoms with E-state index in [-0.39, 0.29) is 0 Å². The fourth-order valence-electron chi connectivity index (χ4n) is 1.82. The molecule has 4 nitrogen and oxygen atoms in total. The number of benzene rings is 1. The first-order valence-electron chi connectivity index (χ1n) is 6.51. The fourth-order valence-corrected chi connectivity index (χ4v) is 2.67. The Kier molecular flexibility index (Phi) is 4.74. The Labute approximate surface area is 122 Å². The van der Waals surface area contributed by atoms with Crippen molar-refractivity contribution in [1.29, 1.82) is 0 Å². The molecule has 1 aromatic carbocycles. The molecule has 0 aliphatic heterocycles. The van der Waals surface area contributed by atoms with Crippen molar-refractivity contribution in [3.63, 3.8) is 0 Å². The number of thiazole rings is 1. The van der Waals surface area contributed by atoms with Gasteiger partial charge in [0.15, 0.2) is 0 Å². The molecule has 2 rings (SSSR count). The number of hydrogen-bond donors (Lipinski definition) is 1. The van der Waals surface area contributed by atoms with Crippen LogP contribution in [0.4, 0.5) is 0 Å². The average Bonchev–Trinajstić information content (AvgIpc) is 2.78. The minimum Gasteiger partial charge on any atom is -0.486 e. The maximum Gasteiger partial charge on any atom is 0.140 e. The summed E-state index contributed by atoms with van der Waals surface area (Å²) in [6.07, 6.45) is 0.689. The van der Waals surface area contributed by atoms with Crippen LogP contribution in [0.3, 0.4) is 0 Å². The van der Waals surface area contributed by atoms with Gasteiger partial charge in [0.25, 0.3) is 0 Å². The Hall–Kier alpha value is -1.88. The summed E-state index contributed by atoms with van der Waals surface area (Å²) in [5.41, 5.74) is 2.64. The molecular formula is C15H18N2O2S. The van der Waals surface area contributed by atoms with E-state index >= 15 is 0 Å². The van der Waals surface area contributed by atoms with Gasteiger partial charge in [0.2, 0.25) is 0 Å². The van der Waals surface area contributed by atoms with Crippen molar-refractivity contribution in [3.05, 3.63) is 45.4 Å². The quantitative estimate of drug-likeness (QED) is 0.516. The van der Waals surface area contributed by atoms with Gasteiger partial charge in [-0.05, 0) is 50.1 Å². The summed E-state index contributed by atoms with van der Waals surface area (Å²) < 4.78 is 5.71. The summed E-state index contributed by atoms with van der Waals surface area (Å²) in [6, 6.07) is 7.55. The molecule has 0 aliphatic rings. The highest BCUT2D eigenvalue weighted by Gasteiger charge is 2.05. The lowest BCUT2D eigenvalue weighted by Gasteiger charge is -2.06. The third kappa shape index (κ3) is 3.36. The first-order chi connectivity index (χ1) is 9.63. The molecular weight excluding hydrogens is 272 g/mol. The summed E-state index contributed by atoms with van der Waals surface area (Å²) in [4.78, 5) is 5.67. The van der Waals surface area contributed by atoms with Crippen molar-refractivity contribution < 1.29 is 9.94 Å². The van der Waals surface area contributed by atoms with Crippen LogP contribution in [0.25, 0.3) is 0 Å². The van der Waals surface area contributed by atoms with Crippen LogP contribution in [-0.2, 0) is 6.61 Å².